The summed E-state index contributed by atoms with van der Waals surface area (Å²) in [6.45, 7) is 0.808. The van der Waals surface area contributed by atoms with Crippen molar-refractivity contribution in [3.8, 4) is 0 Å². The maximum atomic E-state index is 12.8. The summed E-state index contributed by atoms with van der Waals surface area (Å²) < 4.78 is 4.89. The van der Waals surface area contributed by atoms with Crippen LogP contribution in [0.4, 0.5) is 10.5 Å². The highest BCUT2D eigenvalue weighted by atomic mass is 35.5. The lowest BCUT2D eigenvalue weighted by Gasteiger charge is -2.36. The number of imide groups is 1. The largest absolute Gasteiger partial charge is 0.454 e. The molecule has 0 unspecified atom stereocenters. The Morgan fingerprint density at radius 3 is 2.93 bits per heavy atom. The molecule has 2 N–H and O–H groups in total. The van der Waals surface area contributed by atoms with Gasteiger partial charge in [-0.05, 0) is 30.9 Å². The molecule has 2 heterocycles. The summed E-state index contributed by atoms with van der Waals surface area (Å²) in [4.78, 5) is 53.6. The Morgan fingerprint density at radius 2 is 2.21 bits per heavy atom. The van der Waals surface area contributed by atoms with Crippen molar-refractivity contribution in [1.82, 2.24) is 15.2 Å². The summed E-state index contributed by atoms with van der Waals surface area (Å²) in [7, 11) is 0. The highest BCUT2D eigenvalue weighted by molar-refractivity contribution is 6.32. The number of carbonyl (C=O) groups excluding carboxylic acids is 4. The molecule has 1 aromatic heterocycles. The number of aromatic nitrogens is 1. The van der Waals surface area contributed by atoms with Gasteiger partial charge in [-0.2, -0.15) is 0 Å². The van der Waals surface area contributed by atoms with Gasteiger partial charge < -0.3 is 15.4 Å². The Hall–Kier alpha value is -2.68. The molecule has 150 valence electrons. The summed E-state index contributed by atoms with van der Waals surface area (Å²) >= 11 is 5.84. The molecule has 2 atom stereocenters. The first-order chi connectivity index (χ1) is 13.3. The van der Waals surface area contributed by atoms with Gasteiger partial charge in [-0.15, -0.1) is 0 Å². The predicted octanol–water partition coefficient (Wildman–Crippen LogP) is 1.72. The highest BCUT2D eigenvalue weighted by Crippen LogP contribution is 2.38. The first kappa shape index (κ1) is 20.1. The number of amides is 4. The summed E-state index contributed by atoms with van der Waals surface area (Å²) in [5.74, 6) is -1.88. The summed E-state index contributed by atoms with van der Waals surface area (Å²) in [6.07, 6.45) is 4.70. The predicted molar refractivity (Wildman–Crippen MR) is 99.4 cm³/mol. The monoisotopic (exact) mass is 408 g/mol. The first-order valence-electron chi connectivity index (χ1n) is 9.03. The van der Waals surface area contributed by atoms with Gasteiger partial charge in [0, 0.05) is 6.20 Å². The van der Waals surface area contributed by atoms with Gasteiger partial charge in [0.2, 0.25) is 0 Å². The van der Waals surface area contributed by atoms with Gasteiger partial charge in [-0.25, -0.2) is 9.78 Å². The molecule has 1 spiro atoms. The molecule has 1 saturated heterocycles. The van der Waals surface area contributed by atoms with E-state index in [1.54, 1.807) is 12.1 Å². The molecule has 0 aromatic carbocycles. The number of halogens is 1. The quantitative estimate of drug-likeness (QED) is 0.435. The van der Waals surface area contributed by atoms with Crippen molar-refractivity contribution in [3.63, 3.8) is 0 Å². The molecule has 28 heavy (non-hydrogen) atoms. The number of anilines is 1. The van der Waals surface area contributed by atoms with Crippen molar-refractivity contribution >= 4 is 41.1 Å². The maximum absolute atomic E-state index is 12.8. The minimum absolute atomic E-state index is 0.00581. The molecule has 4 amide bonds. The first-order valence-corrected chi connectivity index (χ1v) is 9.41. The summed E-state index contributed by atoms with van der Waals surface area (Å²) in [5.41, 5.74) is -0.656. The molecular weight excluding hydrogens is 388 g/mol. The Bertz CT molecular complexity index is 817. The number of hydrogen-bond donors (Lipinski definition) is 2. The second kappa shape index (κ2) is 8.14. The van der Waals surface area contributed by atoms with E-state index in [1.807, 2.05) is 6.92 Å². The minimum Gasteiger partial charge on any atom is -0.454 e. The van der Waals surface area contributed by atoms with E-state index in [0.29, 0.717) is 6.42 Å². The second-order valence-electron chi connectivity index (χ2n) is 6.99. The van der Waals surface area contributed by atoms with Crippen LogP contribution in [0.15, 0.2) is 18.3 Å². The van der Waals surface area contributed by atoms with E-state index in [0.717, 1.165) is 24.2 Å². The minimum atomic E-state index is -0.940. The molecule has 3 rings (SSSR count). The zero-order valence-corrected chi connectivity index (χ0v) is 16.1. The van der Waals surface area contributed by atoms with Crippen LogP contribution in [0.3, 0.4) is 0 Å². The van der Waals surface area contributed by atoms with Gasteiger partial charge in [0.1, 0.15) is 12.1 Å². The van der Waals surface area contributed by atoms with Gasteiger partial charge in [-0.3, -0.25) is 19.3 Å². The maximum Gasteiger partial charge on any atom is 0.326 e. The Labute approximate surface area is 166 Å². The van der Waals surface area contributed by atoms with Gasteiger partial charge in [0.05, 0.1) is 5.69 Å². The Kier molecular flexibility index (Phi) is 5.83. The van der Waals surface area contributed by atoms with Crippen molar-refractivity contribution in [3.05, 3.63) is 23.5 Å². The molecule has 2 aliphatic rings. The number of rotatable bonds is 5. The molecule has 1 aliphatic carbocycles. The third-order valence-corrected chi connectivity index (χ3v) is 5.49. The third kappa shape index (κ3) is 3.94. The average molecular weight is 409 g/mol. The van der Waals surface area contributed by atoms with Crippen molar-refractivity contribution in [2.75, 3.05) is 18.5 Å². The molecule has 1 aliphatic heterocycles. The van der Waals surface area contributed by atoms with Gasteiger partial charge >= 0.3 is 12.0 Å². The number of carbonyl (C=O) groups is 4. The van der Waals surface area contributed by atoms with Crippen molar-refractivity contribution < 1.29 is 23.9 Å². The number of nitrogens with one attached hydrogen (secondary N) is 2. The lowest BCUT2D eigenvalue weighted by molar-refractivity contribution is -0.150. The van der Waals surface area contributed by atoms with Crippen LogP contribution < -0.4 is 10.6 Å². The number of nitrogens with zero attached hydrogens (tertiary/aromatic N) is 2. The normalized spacial score (nSPS) is 24.2. The van der Waals surface area contributed by atoms with E-state index in [9.17, 15) is 19.2 Å². The fraction of sp³-hybridized carbons (Fsp3) is 0.500. The third-order valence-electron chi connectivity index (χ3n) is 5.19. The van der Waals surface area contributed by atoms with Crippen LogP contribution in [0.5, 0.6) is 0 Å². The number of urea groups is 1. The Morgan fingerprint density at radius 1 is 1.43 bits per heavy atom. The zero-order valence-electron chi connectivity index (χ0n) is 15.4. The summed E-state index contributed by atoms with van der Waals surface area (Å²) in [6, 6.07) is 2.53. The van der Waals surface area contributed by atoms with Crippen molar-refractivity contribution in [2.24, 2.45) is 5.92 Å². The van der Waals surface area contributed by atoms with Crippen LogP contribution in [0.25, 0.3) is 0 Å². The van der Waals surface area contributed by atoms with Crippen LogP contribution in [-0.4, -0.2) is 52.4 Å². The standard InChI is InChI=1S/C18H21ClN4O5/c1-11-5-2-3-7-18(11)16(26)23(17(27)22-18)9-14(25)28-10-13(24)21-12-6-4-8-20-15(12)19/h4,6,8,11H,2-3,5,7,9-10H2,1H3,(H,21,24)(H,22,27)/t11-,18+/m1/s1. The smallest absolute Gasteiger partial charge is 0.326 e. The van der Waals surface area contributed by atoms with Crippen LogP contribution in [0.2, 0.25) is 5.15 Å². The average Bonchev–Trinajstić information content (AvgIpc) is 2.89. The van der Waals surface area contributed by atoms with Crippen LogP contribution in [-0.2, 0) is 19.1 Å². The zero-order chi connectivity index (χ0) is 20.3. The number of pyridine rings is 1. The van der Waals surface area contributed by atoms with Crippen LogP contribution in [0.1, 0.15) is 32.6 Å². The molecule has 1 aromatic rings. The summed E-state index contributed by atoms with van der Waals surface area (Å²) in [5, 5.41) is 5.32. The van der Waals surface area contributed by atoms with E-state index >= 15 is 0 Å². The lowest BCUT2D eigenvalue weighted by atomic mass is 9.73. The molecule has 0 radical (unpaired) electrons. The number of ether oxygens (including phenoxy) is 1. The van der Waals surface area contributed by atoms with E-state index in [1.165, 1.54) is 6.20 Å². The second-order valence-corrected chi connectivity index (χ2v) is 7.35. The van der Waals surface area contributed by atoms with Crippen molar-refractivity contribution in [2.45, 2.75) is 38.1 Å². The molecular formula is C18H21ClN4O5. The Balaban J connectivity index is 1.53. The van der Waals surface area contributed by atoms with E-state index in [2.05, 4.69) is 15.6 Å². The van der Waals surface area contributed by atoms with E-state index in [4.69, 9.17) is 16.3 Å². The van der Waals surface area contributed by atoms with Gasteiger partial charge in [0.25, 0.3) is 11.8 Å². The van der Waals surface area contributed by atoms with E-state index in [-0.39, 0.29) is 16.8 Å². The molecule has 2 fully saturated rings. The topological polar surface area (TPSA) is 118 Å². The molecule has 1 saturated carbocycles. The SMILES string of the molecule is C[C@@H]1CCCC[C@]12NC(=O)N(CC(=O)OCC(=O)Nc1cccnc1Cl)C2=O. The van der Waals surface area contributed by atoms with Crippen LogP contribution >= 0.6 is 11.6 Å². The van der Waals surface area contributed by atoms with E-state index < -0.39 is 42.5 Å². The molecule has 9 nitrogen and oxygen atoms in total. The molecule has 0 bridgehead atoms. The van der Waals surface area contributed by atoms with Gasteiger partial charge in [-0.1, -0.05) is 31.4 Å². The highest BCUT2D eigenvalue weighted by Gasteiger charge is 2.55. The fourth-order valence-corrected chi connectivity index (χ4v) is 3.79. The molecule has 10 heteroatoms. The number of esters is 1. The lowest BCUT2D eigenvalue weighted by Crippen LogP contribution is -2.54. The fourth-order valence-electron chi connectivity index (χ4n) is 3.63. The number of hydrogen-bond acceptors (Lipinski definition) is 6. The van der Waals surface area contributed by atoms with Crippen LogP contribution in [0, 0.1) is 5.92 Å². The van der Waals surface area contributed by atoms with Crippen molar-refractivity contribution in [1.29, 1.82) is 0 Å². The van der Waals surface area contributed by atoms with Gasteiger partial charge in [0.15, 0.2) is 11.8 Å².